The van der Waals surface area contributed by atoms with E-state index < -0.39 is 0 Å². The smallest absolute Gasteiger partial charge is 0.227 e. The Morgan fingerprint density at radius 3 is 2.90 bits per heavy atom. The minimum Gasteiger partial charge on any atom is -0.361 e. The molecule has 0 radical (unpaired) electrons. The number of carbonyl (C=O) groups excluding carboxylic acids is 1. The fourth-order valence-electron chi connectivity index (χ4n) is 2.02. The van der Waals surface area contributed by atoms with Crippen molar-refractivity contribution in [2.24, 2.45) is 0 Å². The maximum absolute atomic E-state index is 12.4. The Kier molecular flexibility index (Phi) is 4.74. The third kappa shape index (κ3) is 3.36. The molecule has 0 bridgehead atoms. The molecule has 0 N–H and O–H groups in total. The van der Waals surface area contributed by atoms with Gasteiger partial charge in [-0.2, -0.15) is 0 Å². The summed E-state index contributed by atoms with van der Waals surface area (Å²) in [4.78, 5) is 15.4. The van der Waals surface area contributed by atoms with Gasteiger partial charge in [0.25, 0.3) is 0 Å². The molecule has 4 nitrogen and oxygen atoms in total. The highest BCUT2D eigenvalue weighted by molar-refractivity contribution is 7.09. The molecule has 106 valence electrons. The Balaban J connectivity index is 2.09. The van der Waals surface area contributed by atoms with Crippen molar-refractivity contribution in [3.8, 4) is 0 Å². The molecule has 5 heteroatoms. The standard InChI is InChI=1S/C15H18N2O2S/c1-4-7-17(10-13-6-5-8-20-13)15(18)9-14-11(2)16-19-12(14)3/h4-6,8H,1,7,9-10H2,2-3H3. The molecule has 1 amide bonds. The molecule has 0 saturated heterocycles. The van der Waals surface area contributed by atoms with E-state index in [1.807, 2.05) is 31.4 Å². The first-order chi connectivity index (χ1) is 9.61. The molecular weight excluding hydrogens is 272 g/mol. The van der Waals surface area contributed by atoms with Gasteiger partial charge in [-0.15, -0.1) is 17.9 Å². The van der Waals surface area contributed by atoms with Gasteiger partial charge in [-0.05, 0) is 25.3 Å². The van der Waals surface area contributed by atoms with Crippen molar-refractivity contribution in [1.82, 2.24) is 10.1 Å². The van der Waals surface area contributed by atoms with Crippen molar-refractivity contribution in [1.29, 1.82) is 0 Å². The van der Waals surface area contributed by atoms with Crippen LogP contribution in [-0.2, 0) is 17.8 Å². The van der Waals surface area contributed by atoms with Crippen LogP contribution < -0.4 is 0 Å². The summed E-state index contributed by atoms with van der Waals surface area (Å²) in [5.41, 5.74) is 1.67. The second kappa shape index (κ2) is 6.52. The third-order valence-electron chi connectivity index (χ3n) is 3.14. The van der Waals surface area contributed by atoms with E-state index in [0.717, 1.165) is 11.3 Å². The van der Waals surface area contributed by atoms with Gasteiger partial charge in [-0.3, -0.25) is 4.79 Å². The van der Waals surface area contributed by atoms with Gasteiger partial charge in [0.15, 0.2) is 0 Å². The predicted molar refractivity (Wildman–Crippen MR) is 79.6 cm³/mol. The summed E-state index contributed by atoms with van der Waals surface area (Å²) in [5, 5.41) is 5.90. The molecule has 0 aromatic carbocycles. The molecule has 2 heterocycles. The number of thiophene rings is 1. The highest BCUT2D eigenvalue weighted by Gasteiger charge is 2.18. The first-order valence-corrected chi connectivity index (χ1v) is 7.32. The van der Waals surface area contributed by atoms with E-state index in [1.54, 1.807) is 22.3 Å². The number of hydrogen-bond donors (Lipinski definition) is 0. The number of rotatable bonds is 6. The van der Waals surface area contributed by atoms with Gasteiger partial charge in [0.2, 0.25) is 5.91 Å². The number of nitrogens with zero attached hydrogens (tertiary/aromatic N) is 2. The molecule has 0 saturated carbocycles. The molecular formula is C15H18N2O2S. The monoisotopic (exact) mass is 290 g/mol. The van der Waals surface area contributed by atoms with Gasteiger partial charge in [0.05, 0.1) is 18.7 Å². The highest BCUT2D eigenvalue weighted by Crippen LogP contribution is 2.16. The molecule has 0 aliphatic carbocycles. The summed E-state index contributed by atoms with van der Waals surface area (Å²) in [6, 6.07) is 4.02. The second-order valence-corrected chi connectivity index (χ2v) is 5.65. The summed E-state index contributed by atoms with van der Waals surface area (Å²) in [5.74, 6) is 0.776. The van der Waals surface area contributed by atoms with Crippen molar-refractivity contribution >= 4 is 17.2 Å². The van der Waals surface area contributed by atoms with Crippen LogP contribution in [0.5, 0.6) is 0 Å². The van der Waals surface area contributed by atoms with Gasteiger partial charge in [-0.25, -0.2) is 0 Å². The van der Waals surface area contributed by atoms with Crippen LogP contribution in [0.4, 0.5) is 0 Å². The molecule has 0 spiro atoms. The topological polar surface area (TPSA) is 46.3 Å². The average molecular weight is 290 g/mol. The minimum atomic E-state index is 0.0627. The van der Waals surface area contributed by atoms with E-state index in [-0.39, 0.29) is 5.91 Å². The van der Waals surface area contributed by atoms with E-state index >= 15 is 0 Å². The Hall–Kier alpha value is -1.88. The Bertz CT molecular complexity index is 568. The quantitative estimate of drug-likeness (QED) is 0.768. The molecule has 2 rings (SSSR count). The summed E-state index contributed by atoms with van der Waals surface area (Å²) >= 11 is 1.65. The predicted octanol–water partition coefficient (Wildman–Crippen LogP) is 3.11. The molecule has 2 aromatic rings. The molecule has 0 atom stereocenters. The zero-order valence-electron chi connectivity index (χ0n) is 11.8. The number of aryl methyl sites for hydroxylation is 2. The number of hydrogen-bond acceptors (Lipinski definition) is 4. The van der Waals surface area contributed by atoms with Crippen LogP contribution in [0, 0.1) is 13.8 Å². The number of carbonyl (C=O) groups is 1. The van der Waals surface area contributed by atoms with Crippen molar-refractivity contribution in [2.45, 2.75) is 26.8 Å². The molecule has 2 aromatic heterocycles. The first kappa shape index (κ1) is 14.5. The fourth-order valence-corrected chi connectivity index (χ4v) is 2.74. The lowest BCUT2D eigenvalue weighted by molar-refractivity contribution is -0.130. The Morgan fingerprint density at radius 1 is 1.55 bits per heavy atom. The normalized spacial score (nSPS) is 10.5. The van der Waals surface area contributed by atoms with Crippen LogP contribution in [0.1, 0.15) is 21.9 Å². The molecule has 20 heavy (non-hydrogen) atoms. The lowest BCUT2D eigenvalue weighted by atomic mass is 10.1. The van der Waals surface area contributed by atoms with E-state index in [9.17, 15) is 4.79 Å². The first-order valence-electron chi connectivity index (χ1n) is 6.44. The largest absolute Gasteiger partial charge is 0.361 e. The summed E-state index contributed by atoms with van der Waals surface area (Å²) in [6.45, 7) is 8.57. The molecule has 0 fully saturated rings. The fraction of sp³-hybridized carbons (Fsp3) is 0.333. The van der Waals surface area contributed by atoms with Gasteiger partial charge in [0.1, 0.15) is 5.76 Å². The van der Waals surface area contributed by atoms with E-state index in [0.29, 0.717) is 25.3 Å². The van der Waals surface area contributed by atoms with Gasteiger partial charge >= 0.3 is 0 Å². The zero-order chi connectivity index (χ0) is 14.5. The minimum absolute atomic E-state index is 0.0627. The summed E-state index contributed by atoms with van der Waals surface area (Å²) < 4.78 is 5.10. The van der Waals surface area contributed by atoms with Crippen LogP contribution in [0.15, 0.2) is 34.7 Å². The summed E-state index contributed by atoms with van der Waals surface area (Å²) in [7, 11) is 0. The zero-order valence-corrected chi connectivity index (χ0v) is 12.6. The molecule has 0 aliphatic heterocycles. The number of aromatic nitrogens is 1. The maximum Gasteiger partial charge on any atom is 0.227 e. The second-order valence-electron chi connectivity index (χ2n) is 4.62. The van der Waals surface area contributed by atoms with E-state index in [1.165, 1.54) is 4.88 Å². The molecule has 0 unspecified atom stereocenters. The number of amides is 1. The third-order valence-corrected chi connectivity index (χ3v) is 4.00. The SMILES string of the molecule is C=CCN(Cc1cccs1)C(=O)Cc1c(C)noc1C. The van der Waals surface area contributed by atoms with Crippen LogP contribution in [-0.4, -0.2) is 22.5 Å². The summed E-state index contributed by atoms with van der Waals surface area (Å²) in [6.07, 6.45) is 2.07. The highest BCUT2D eigenvalue weighted by atomic mass is 32.1. The van der Waals surface area contributed by atoms with Gasteiger partial charge < -0.3 is 9.42 Å². The average Bonchev–Trinajstić information content (AvgIpc) is 3.03. The van der Waals surface area contributed by atoms with Gasteiger partial charge in [0, 0.05) is 17.0 Å². The Labute approximate surface area is 122 Å². The Morgan fingerprint density at radius 2 is 2.35 bits per heavy atom. The van der Waals surface area contributed by atoms with Crippen molar-refractivity contribution in [2.75, 3.05) is 6.54 Å². The van der Waals surface area contributed by atoms with Crippen molar-refractivity contribution in [3.63, 3.8) is 0 Å². The van der Waals surface area contributed by atoms with E-state index in [2.05, 4.69) is 11.7 Å². The van der Waals surface area contributed by atoms with Crippen LogP contribution >= 0.6 is 11.3 Å². The van der Waals surface area contributed by atoms with Crippen LogP contribution in [0.2, 0.25) is 0 Å². The van der Waals surface area contributed by atoms with Crippen molar-refractivity contribution in [3.05, 3.63) is 52.1 Å². The van der Waals surface area contributed by atoms with Crippen LogP contribution in [0.25, 0.3) is 0 Å². The lowest BCUT2D eigenvalue weighted by Gasteiger charge is -2.20. The maximum atomic E-state index is 12.4. The van der Waals surface area contributed by atoms with E-state index in [4.69, 9.17) is 4.52 Å². The van der Waals surface area contributed by atoms with Crippen molar-refractivity contribution < 1.29 is 9.32 Å². The van der Waals surface area contributed by atoms with Crippen LogP contribution in [0.3, 0.4) is 0 Å². The van der Waals surface area contributed by atoms with Gasteiger partial charge in [-0.1, -0.05) is 17.3 Å². The molecule has 0 aliphatic rings. The lowest BCUT2D eigenvalue weighted by Crippen LogP contribution is -2.31.